The number of likely N-dealkylation sites (N-methyl/N-ethyl adjacent to an activating group) is 2. The van der Waals surface area contributed by atoms with Crippen molar-refractivity contribution in [3.05, 3.63) is 47.6 Å². The van der Waals surface area contributed by atoms with Gasteiger partial charge in [-0.3, -0.25) is 9.88 Å². The molecule has 1 saturated carbocycles. The molecule has 2 aromatic heterocycles. The predicted octanol–water partition coefficient (Wildman–Crippen LogP) is 6.53. The summed E-state index contributed by atoms with van der Waals surface area (Å²) >= 11 is 6.78. The van der Waals surface area contributed by atoms with E-state index in [0.29, 0.717) is 24.2 Å². The number of ether oxygens (including phenoxy) is 2. The van der Waals surface area contributed by atoms with Crippen LogP contribution in [0, 0.1) is 0 Å². The van der Waals surface area contributed by atoms with E-state index in [2.05, 4.69) is 63.3 Å². The second-order valence-electron chi connectivity index (χ2n) is 15.4. The summed E-state index contributed by atoms with van der Waals surface area (Å²) in [4.78, 5) is 36.9. The Bertz CT molecular complexity index is 1950. The largest absolute Gasteiger partial charge is 0.461 e. The molecule has 0 bridgehead atoms. The number of anilines is 1. The number of benzene rings is 2. The van der Waals surface area contributed by atoms with Gasteiger partial charge in [0, 0.05) is 65.7 Å². The molecule has 51 heavy (non-hydrogen) atoms. The normalized spacial score (nSPS) is 22.9. The van der Waals surface area contributed by atoms with Crippen molar-refractivity contribution in [2.45, 2.75) is 74.9 Å². The molecule has 5 heterocycles. The molecule has 0 N–H and O–H groups in total. The first-order valence-corrected chi connectivity index (χ1v) is 19.5. The number of nitrogens with zero attached hydrogens (tertiary/aromatic N) is 7. The molecule has 270 valence electrons. The first kappa shape index (κ1) is 34.8. The summed E-state index contributed by atoms with van der Waals surface area (Å²) in [7, 11) is 9.40. The first-order chi connectivity index (χ1) is 24.7. The molecule has 3 saturated heterocycles. The zero-order valence-corrected chi connectivity index (χ0v) is 31.9. The highest BCUT2D eigenvalue weighted by Crippen LogP contribution is 2.44. The average Bonchev–Trinajstić information content (AvgIpc) is 3.86. The Hall–Kier alpha value is -3.30. The van der Waals surface area contributed by atoms with Crippen molar-refractivity contribution in [3.8, 4) is 17.3 Å². The predicted molar refractivity (Wildman–Crippen MR) is 208 cm³/mol. The number of pyridine rings is 1. The molecule has 3 aliphatic heterocycles. The lowest BCUT2D eigenvalue weighted by Crippen LogP contribution is -2.56. The smallest absolute Gasteiger partial charge is 0.409 e. The van der Waals surface area contributed by atoms with Crippen LogP contribution in [0.1, 0.15) is 57.8 Å². The summed E-state index contributed by atoms with van der Waals surface area (Å²) < 4.78 is 12.5. The number of carbonyl (C=O) groups excluding carboxylic acids is 1. The van der Waals surface area contributed by atoms with E-state index in [9.17, 15) is 4.79 Å². The quantitative estimate of drug-likeness (QED) is 0.169. The molecule has 8 rings (SSSR count). The summed E-state index contributed by atoms with van der Waals surface area (Å²) in [5.74, 6) is 0.820. The van der Waals surface area contributed by atoms with E-state index in [1.165, 1.54) is 6.42 Å². The first-order valence-electron chi connectivity index (χ1n) is 18.5. The minimum absolute atomic E-state index is 0.102. The summed E-state index contributed by atoms with van der Waals surface area (Å²) in [5, 5.41) is 4.50. The zero-order chi connectivity index (χ0) is 35.3. The van der Waals surface area contributed by atoms with Crippen LogP contribution in [0.4, 0.5) is 10.6 Å². The van der Waals surface area contributed by atoms with Crippen LogP contribution >= 0.6 is 20.8 Å². The highest BCUT2D eigenvalue weighted by atomic mass is 35.5. The van der Waals surface area contributed by atoms with Crippen LogP contribution in [0.25, 0.3) is 32.9 Å². The van der Waals surface area contributed by atoms with Crippen LogP contribution in [-0.4, -0.2) is 113 Å². The van der Waals surface area contributed by atoms with E-state index >= 15 is 0 Å². The second-order valence-corrected chi connectivity index (χ2v) is 16.3. The van der Waals surface area contributed by atoms with Gasteiger partial charge in [-0.1, -0.05) is 41.9 Å². The molecule has 2 aromatic carbocycles. The minimum atomic E-state index is -0.174. The number of amides is 1. The third-order valence-electron chi connectivity index (χ3n) is 12.2. The van der Waals surface area contributed by atoms with Crippen molar-refractivity contribution in [2.24, 2.45) is 0 Å². The van der Waals surface area contributed by atoms with E-state index in [4.69, 9.17) is 36.0 Å². The Morgan fingerprint density at radius 1 is 1.00 bits per heavy atom. The summed E-state index contributed by atoms with van der Waals surface area (Å²) in [6.07, 6.45) is 11.5. The Morgan fingerprint density at radius 3 is 2.53 bits per heavy atom. The van der Waals surface area contributed by atoms with E-state index in [0.717, 1.165) is 122 Å². The van der Waals surface area contributed by atoms with Crippen LogP contribution < -0.4 is 14.9 Å². The van der Waals surface area contributed by atoms with Gasteiger partial charge in [-0.25, -0.2) is 4.79 Å². The lowest BCUT2D eigenvalue weighted by Gasteiger charge is -2.49. The Kier molecular flexibility index (Phi) is 9.49. The van der Waals surface area contributed by atoms with Gasteiger partial charge in [0.2, 0.25) is 0 Å². The number of halogens is 1. The lowest BCUT2D eigenvalue weighted by molar-refractivity contribution is 0.0463. The van der Waals surface area contributed by atoms with E-state index in [1.807, 2.05) is 29.3 Å². The van der Waals surface area contributed by atoms with Gasteiger partial charge in [0.05, 0.1) is 22.1 Å². The van der Waals surface area contributed by atoms with Gasteiger partial charge in [-0.05, 0) is 89.9 Å². The molecule has 1 unspecified atom stereocenters. The maximum atomic E-state index is 12.7. The fourth-order valence-corrected chi connectivity index (χ4v) is 9.86. The SMILES string of the molecule is CN(CC1(N(C)C)CCC1)c1nc(OC[C@]23CCCN2[C@@H](COC(=O)N2CCCC2)CC3)nc2c(P)c(-c3cccc4cccc(Cl)c34)ncc12. The minimum Gasteiger partial charge on any atom is -0.461 e. The van der Waals surface area contributed by atoms with Crippen LogP contribution in [0.15, 0.2) is 42.6 Å². The van der Waals surface area contributed by atoms with Gasteiger partial charge in [0.1, 0.15) is 19.0 Å². The summed E-state index contributed by atoms with van der Waals surface area (Å²) in [6, 6.07) is 12.8. The molecular formula is C39H49ClN7O3P. The third kappa shape index (κ3) is 6.30. The van der Waals surface area contributed by atoms with E-state index in [-0.39, 0.29) is 23.2 Å². The number of rotatable bonds is 10. The van der Waals surface area contributed by atoms with Crippen molar-refractivity contribution in [3.63, 3.8) is 0 Å². The topological polar surface area (TPSA) is 87.2 Å². The molecular weight excluding hydrogens is 681 g/mol. The highest BCUT2D eigenvalue weighted by Gasteiger charge is 2.50. The van der Waals surface area contributed by atoms with Crippen LogP contribution in [0.5, 0.6) is 6.01 Å². The summed E-state index contributed by atoms with van der Waals surface area (Å²) in [5.41, 5.74) is 2.56. The monoisotopic (exact) mass is 729 g/mol. The molecule has 12 heteroatoms. The number of aromatic nitrogens is 3. The number of carbonyl (C=O) groups is 1. The van der Waals surface area contributed by atoms with Crippen LogP contribution in [0.2, 0.25) is 5.02 Å². The molecule has 3 atom stereocenters. The molecule has 0 spiro atoms. The summed E-state index contributed by atoms with van der Waals surface area (Å²) in [6.45, 7) is 4.34. The van der Waals surface area contributed by atoms with Crippen molar-refractivity contribution >= 4 is 59.7 Å². The van der Waals surface area contributed by atoms with Crippen molar-refractivity contribution < 1.29 is 14.3 Å². The van der Waals surface area contributed by atoms with E-state index < -0.39 is 0 Å². The fourth-order valence-electron chi connectivity index (χ4n) is 9.13. The Labute approximate surface area is 308 Å². The molecule has 0 radical (unpaired) electrons. The maximum Gasteiger partial charge on any atom is 0.409 e. The fraction of sp³-hybridized carbons (Fsp3) is 0.538. The average molecular weight is 730 g/mol. The number of hydrogen-bond acceptors (Lipinski definition) is 9. The second kappa shape index (κ2) is 13.9. The zero-order valence-electron chi connectivity index (χ0n) is 30.0. The van der Waals surface area contributed by atoms with E-state index in [1.54, 1.807) is 0 Å². The number of likely N-dealkylation sites (tertiary alicyclic amines) is 1. The van der Waals surface area contributed by atoms with Gasteiger partial charge >= 0.3 is 12.1 Å². The van der Waals surface area contributed by atoms with Crippen molar-refractivity contribution in [2.75, 3.05) is 65.4 Å². The van der Waals surface area contributed by atoms with Gasteiger partial charge in [0.25, 0.3) is 0 Å². The van der Waals surface area contributed by atoms with Crippen LogP contribution in [0.3, 0.4) is 0 Å². The van der Waals surface area contributed by atoms with Gasteiger partial charge in [-0.2, -0.15) is 9.97 Å². The lowest BCUT2D eigenvalue weighted by atomic mass is 9.75. The highest BCUT2D eigenvalue weighted by molar-refractivity contribution is 7.28. The van der Waals surface area contributed by atoms with Crippen molar-refractivity contribution in [1.29, 1.82) is 0 Å². The molecule has 1 amide bonds. The molecule has 4 fully saturated rings. The van der Waals surface area contributed by atoms with Gasteiger partial charge in [-0.15, -0.1) is 9.24 Å². The van der Waals surface area contributed by atoms with Crippen LogP contribution in [-0.2, 0) is 4.74 Å². The third-order valence-corrected chi connectivity index (χ3v) is 13.1. The number of hydrogen-bond donors (Lipinski definition) is 0. The molecule has 4 aromatic rings. The van der Waals surface area contributed by atoms with Gasteiger partial charge in [0.15, 0.2) is 0 Å². The Morgan fingerprint density at radius 2 is 1.78 bits per heavy atom. The molecule has 1 aliphatic carbocycles. The number of fused-ring (bicyclic) bond motifs is 3. The maximum absolute atomic E-state index is 12.7. The molecule has 4 aliphatic rings. The van der Waals surface area contributed by atoms with Gasteiger partial charge < -0.3 is 24.2 Å². The standard InChI is InChI=1S/C39H49ClN7O3P/c1-44(2)38(15-8-16-38)24-45(3)35-29-22-41-32(28-12-6-10-26-11-7-13-30(40)31(26)28)34(51)33(29)42-36(43-35)50-25-39-17-9-21-47(39)27(14-18-39)23-49-37(48)46-19-4-5-20-46/h6-7,10-13,22,27H,4-5,8-9,14-21,23-25,51H2,1-3H3/t27-,39-/m1/s1. The van der Waals surface area contributed by atoms with Crippen molar-refractivity contribution in [1.82, 2.24) is 29.7 Å². The molecule has 10 nitrogen and oxygen atoms in total. The Balaban J connectivity index is 1.12.